The molecule has 0 unspecified atom stereocenters. The van der Waals surface area contributed by atoms with E-state index in [-0.39, 0.29) is 5.91 Å². The average Bonchev–Trinajstić information content (AvgIpc) is 2.91. The number of aromatic amines is 1. The summed E-state index contributed by atoms with van der Waals surface area (Å²) >= 11 is 0. The molecule has 1 aromatic rings. The molecule has 1 amide bonds. The van der Waals surface area contributed by atoms with Crippen LogP contribution in [0.25, 0.3) is 0 Å². The molecule has 5 heteroatoms. The van der Waals surface area contributed by atoms with E-state index < -0.39 is 5.41 Å². The number of nitriles is 1. The zero-order valence-corrected chi connectivity index (χ0v) is 10.6. The first-order valence-electron chi connectivity index (χ1n) is 6.33. The van der Waals surface area contributed by atoms with Crippen molar-refractivity contribution in [2.75, 3.05) is 7.05 Å². The van der Waals surface area contributed by atoms with Gasteiger partial charge in [-0.15, -0.1) is 0 Å². The standard InChI is InChI=1S/C13H18N4O/c1-17(9-11-15-7-8-16-11)12(18)13(10-14)5-3-2-4-6-13/h7-8H,2-6,9H2,1H3,(H,15,16). The lowest BCUT2D eigenvalue weighted by atomic mass is 9.74. The molecule has 0 aromatic carbocycles. The van der Waals surface area contributed by atoms with Crippen molar-refractivity contribution in [3.63, 3.8) is 0 Å². The normalized spacial score (nSPS) is 18.0. The number of aromatic nitrogens is 2. The molecule has 1 heterocycles. The maximum atomic E-state index is 12.4. The molecule has 0 bridgehead atoms. The third-order valence-electron chi connectivity index (χ3n) is 3.62. The van der Waals surface area contributed by atoms with Gasteiger partial charge in [0.2, 0.25) is 5.91 Å². The fraction of sp³-hybridized carbons (Fsp3) is 0.615. The van der Waals surface area contributed by atoms with Gasteiger partial charge < -0.3 is 9.88 Å². The molecule has 1 aromatic heterocycles. The summed E-state index contributed by atoms with van der Waals surface area (Å²) in [6, 6.07) is 2.26. The van der Waals surface area contributed by atoms with E-state index in [1.807, 2.05) is 0 Å². The molecule has 0 spiro atoms. The smallest absolute Gasteiger partial charge is 0.243 e. The van der Waals surface area contributed by atoms with E-state index in [1.54, 1.807) is 24.3 Å². The molecule has 5 nitrogen and oxygen atoms in total. The fourth-order valence-corrected chi connectivity index (χ4v) is 2.58. The highest BCUT2D eigenvalue weighted by atomic mass is 16.2. The van der Waals surface area contributed by atoms with Gasteiger partial charge in [0.05, 0.1) is 12.6 Å². The summed E-state index contributed by atoms with van der Waals surface area (Å²) in [5.74, 6) is 0.677. The number of nitrogens with zero attached hydrogens (tertiary/aromatic N) is 3. The van der Waals surface area contributed by atoms with E-state index in [2.05, 4.69) is 16.0 Å². The highest BCUT2D eigenvalue weighted by molar-refractivity contribution is 5.85. The lowest BCUT2D eigenvalue weighted by molar-refractivity contribution is -0.139. The predicted octanol–water partition coefficient (Wildman–Crippen LogP) is 1.84. The largest absolute Gasteiger partial charge is 0.347 e. The number of amides is 1. The average molecular weight is 246 g/mol. The SMILES string of the molecule is CN(Cc1ncc[nH]1)C(=O)C1(C#N)CCCCC1. The third kappa shape index (κ3) is 2.37. The molecule has 96 valence electrons. The van der Waals surface area contributed by atoms with Crippen molar-refractivity contribution >= 4 is 5.91 Å². The van der Waals surface area contributed by atoms with Crippen molar-refractivity contribution in [3.05, 3.63) is 18.2 Å². The minimum Gasteiger partial charge on any atom is -0.347 e. The quantitative estimate of drug-likeness (QED) is 0.884. The van der Waals surface area contributed by atoms with Gasteiger partial charge in [0.1, 0.15) is 11.2 Å². The van der Waals surface area contributed by atoms with Crippen LogP contribution in [0.3, 0.4) is 0 Å². The molecule has 18 heavy (non-hydrogen) atoms. The number of carbonyl (C=O) groups excluding carboxylic acids is 1. The van der Waals surface area contributed by atoms with Crippen LogP contribution in [0.15, 0.2) is 12.4 Å². The van der Waals surface area contributed by atoms with Crippen LogP contribution >= 0.6 is 0 Å². The first-order valence-corrected chi connectivity index (χ1v) is 6.33. The Bertz CT molecular complexity index is 440. The molecule has 0 saturated heterocycles. The molecule has 1 fully saturated rings. The van der Waals surface area contributed by atoms with E-state index in [0.29, 0.717) is 19.4 Å². The Hall–Kier alpha value is -1.83. The summed E-state index contributed by atoms with van der Waals surface area (Å²) in [7, 11) is 1.73. The van der Waals surface area contributed by atoms with Gasteiger partial charge in [-0.1, -0.05) is 19.3 Å². The second-order valence-corrected chi connectivity index (χ2v) is 4.95. The number of hydrogen-bond donors (Lipinski definition) is 1. The molecule has 1 aliphatic rings. The second-order valence-electron chi connectivity index (χ2n) is 4.95. The fourth-order valence-electron chi connectivity index (χ4n) is 2.58. The first kappa shape index (κ1) is 12.6. The highest BCUT2D eigenvalue weighted by Gasteiger charge is 2.41. The summed E-state index contributed by atoms with van der Waals surface area (Å²) in [4.78, 5) is 21.1. The lowest BCUT2D eigenvalue weighted by Crippen LogP contribution is -2.42. The maximum Gasteiger partial charge on any atom is 0.243 e. The summed E-state index contributed by atoms with van der Waals surface area (Å²) < 4.78 is 0. The molecule has 1 saturated carbocycles. The maximum absolute atomic E-state index is 12.4. The Labute approximate surface area is 107 Å². The van der Waals surface area contributed by atoms with E-state index in [1.165, 1.54) is 0 Å². The molecule has 1 aliphatic carbocycles. The van der Waals surface area contributed by atoms with Crippen LogP contribution in [0.4, 0.5) is 0 Å². The van der Waals surface area contributed by atoms with E-state index in [0.717, 1.165) is 25.1 Å². The molecule has 0 aliphatic heterocycles. The van der Waals surface area contributed by atoms with Crippen LogP contribution in [-0.4, -0.2) is 27.8 Å². The van der Waals surface area contributed by atoms with Crippen molar-refractivity contribution in [1.29, 1.82) is 5.26 Å². The van der Waals surface area contributed by atoms with Crippen LogP contribution in [0.5, 0.6) is 0 Å². The highest BCUT2D eigenvalue weighted by Crippen LogP contribution is 2.37. The summed E-state index contributed by atoms with van der Waals surface area (Å²) in [6.07, 6.45) is 7.82. The number of H-pyrrole nitrogens is 1. The van der Waals surface area contributed by atoms with Crippen LogP contribution in [0.2, 0.25) is 0 Å². The summed E-state index contributed by atoms with van der Waals surface area (Å²) in [5, 5.41) is 9.37. The molecule has 1 N–H and O–H groups in total. The molecule has 0 radical (unpaired) electrons. The van der Waals surface area contributed by atoms with Crippen LogP contribution < -0.4 is 0 Å². The number of imidazole rings is 1. The van der Waals surface area contributed by atoms with Crippen molar-refractivity contribution < 1.29 is 4.79 Å². The number of rotatable bonds is 3. The first-order chi connectivity index (χ1) is 8.68. The van der Waals surface area contributed by atoms with E-state index in [4.69, 9.17) is 0 Å². The van der Waals surface area contributed by atoms with Crippen LogP contribution in [-0.2, 0) is 11.3 Å². The lowest BCUT2D eigenvalue weighted by Gasteiger charge is -2.32. The topological polar surface area (TPSA) is 72.8 Å². The second kappa shape index (κ2) is 5.21. The van der Waals surface area contributed by atoms with Crippen molar-refractivity contribution in [3.8, 4) is 6.07 Å². The number of hydrogen-bond acceptors (Lipinski definition) is 3. The van der Waals surface area contributed by atoms with Crippen molar-refractivity contribution in [1.82, 2.24) is 14.9 Å². The predicted molar refractivity (Wildman–Crippen MR) is 66.2 cm³/mol. The molecule has 0 atom stereocenters. The van der Waals surface area contributed by atoms with Gasteiger partial charge in [0.15, 0.2) is 0 Å². The van der Waals surface area contributed by atoms with Gasteiger partial charge in [-0.05, 0) is 12.8 Å². The molecular weight excluding hydrogens is 228 g/mol. The third-order valence-corrected chi connectivity index (χ3v) is 3.62. The number of carbonyl (C=O) groups is 1. The van der Waals surface area contributed by atoms with Crippen molar-refractivity contribution in [2.24, 2.45) is 5.41 Å². The Morgan fingerprint density at radius 2 is 2.28 bits per heavy atom. The van der Waals surface area contributed by atoms with Gasteiger partial charge in [-0.3, -0.25) is 4.79 Å². The Balaban J connectivity index is 2.07. The van der Waals surface area contributed by atoms with Crippen molar-refractivity contribution in [2.45, 2.75) is 38.6 Å². The minimum absolute atomic E-state index is 0.0684. The summed E-state index contributed by atoms with van der Waals surface area (Å²) in [6.45, 7) is 0.426. The molecule has 2 rings (SSSR count). The van der Waals surface area contributed by atoms with Gasteiger partial charge in [0.25, 0.3) is 0 Å². The van der Waals surface area contributed by atoms with Crippen LogP contribution in [0.1, 0.15) is 37.9 Å². The van der Waals surface area contributed by atoms with Gasteiger partial charge >= 0.3 is 0 Å². The molecular formula is C13H18N4O. The Kier molecular flexibility index (Phi) is 3.66. The Morgan fingerprint density at radius 1 is 1.56 bits per heavy atom. The van der Waals surface area contributed by atoms with Gasteiger partial charge in [-0.25, -0.2) is 4.98 Å². The minimum atomic E-state index is -0.806. The zero-order chi connectivity index (χ0) is 13.0. The Morgan fingerprint density at radius 3 is 2.83 bits per heavy atom. The van der Waals surface area contributed by atoms with E-state index >= 15 is 0 Å². The summed E-state index contributed by atoms with van der Waals surface area (Å²) in [5.41, 5.74) is -0.806. The van der Waals surface area contributed by atoms with E-state index in [9.17, 15) is 10.1 Å². The zero-order valence-electron chi connectivity index (χ0n) is 10.6. The van der Waals surface area contributed by atoms with Gasteiger partial charge in [-0.2, -0.15) is 5.26 Å². The monoisotopic (exact) mass is 246 g/mol. The van der Waals surface area contributed by atoms with Gasteiger partial charge in [0, 0.05) is 19.4 Å². The van der Waals surface area contributed by atoms with Crippen LogP contribution in [0, 0.1) is 16.7 Å². The number of nitrogens with one attached hydrogen (secondary N) is 1.